The van der Waals surface area contributed by atoms with E-state index in [1.54, 1.807) is 14.2 Å². The first-order valence-electron chi connectivity index (χ1n) is 9.09. The molecule has 1 N–H and O–H groups in total. The minimum atomic E-state index is -0.421. The van der Waals surface area contributed by atoms with Crippen LogP contribution in [-0.4, -0.2) is 25.0 Å². The largest absolute Gasteiger partial charge is 0.497 e. The Kier molecular flexibility index (Phi) is 4.85. The molecular formula is C24H21NO3. The Bertz CT molecular complexity index is 1090. The molecule has 1 heterocycles. The predicted molar refractivity (Wildman–Crippen MR) is 110 cm³/mol. The van der Waals surface area contributed by atoms with E-state index in [0.29, 0.717) is 5.56 Å². The molecule has 0 radical (unpaired) electrons. The predicted octanol–water partition coefficient (Wildman–Crippen LogP) is 5.20. The molecule has 4 aromatic rings. The second-order valence-electron chi connectivity index (χ2n) is 6.59. The highest BCUT2D eigenvalue weighted by molar-refractivity contribution is 6.05. The lowest BCUT2D eigenvalue weighted by atomic mass is 9.84. The van der Waals surface area contributed by atoms with Crippen molar-refractivity contribution in [1.29, 1.82) is 0 Å². The summed E-state index contributed by atoms with van der Waals surface area (Å²) in [5.41, 5.74) is 3.54. The summed E-state index contributed by atoms with van der Waals surface area (Å²) in [6.45, 7) is 0. The number of ketones is 1. The standard InChI is InChI=1S/C24H21NO3/c1-27-18-11-7-16(8-12-18)23(21-15-25-22-6-4-3-5-20(21)22)24(26)17-9-13-19(28-2)14-10-17/h3-15,23,25H,1-2H3. The Morgan fingerprint density at radius 1 is 0.821 bits per heavy atom. The number of rotatable bonds is 6. The van der Waals surface area contributed by atoms with Crippen LogP contribution in [0.3, 0.4) is 0 Å². The molecule has 0 saturated carbocycles. The molecule has 0 fully saturated rings. The number of hydrogen-bond donors (Lipinski definition) is 1. The Morgan fingerprint density at radius 2 is 1.43 bits per heavy atom. The second kappa shape index (κ2) is 7.61. The highest BCUT2D eigenvalue weighted by atomic mass is 16.5. The van der Waals surface area contributed by atoms with Crippen LogP contribution in [0.2, 0.25) is 0 Å². The molecule has 1 aromatic heterocycles. The Morgan fingerprint density at radius 3 is 2.07 bits per heavy atom. The molecule has 28 heavy (non-hydrogen) atoms. The quantitative estimate of drug-likeness (QED) is 0.474. The van der Waals surface area contributed by atoms with Gasteiger partial charge in [0.25, 0.3) is 0 Å². The van der Waals surface area contributed by atoms with Crippen molar-refractivity contribution in [3.05, 3.63) is 95.7 Å². The van der Waals surface area contributed by atoms with Crippen molar-refractivity contribution in [3.8, 4) is 11.5 Å². The van der Waals surface area contributed by atoms with E-state index >= 15 is 0 Å². The van der Waals surface area contributed by atoms with Gasteiger partial charge in [0, 0.05) is 22.7 Å². The maximum absolute atomic E-state index is 13.6. The van der Waals surface area contributed by atoms with Crippen LogP contribution in [-0.2, 0) is 0 Å². The molecule has 0 aliphatic heterocycles. The van der Waals surface area contributed by atoms with Crippen LogP contribution in [0, 0.1) is 0 Å². The number of carbonyl (C=O) groups is 1. The van der Waals surface area contributed by atoms with Gasteiger partial charge in [0.1, 0.15) is 11.5 Å². The zero-order valence-electron chi connectivity index (χ0n) is 15.8. The zero-order valence-corrected chi connectivity index (χ0v) is 15.8. The highest BCUT2D eigenvalue weighted by Crippen LogP contribution is 2.34. The van der Waals surface area contributed by atoms with E-state index in [1.165, 1.54) is 0 Å². The lowest BCUT2D eigenvalue weighted by Crippen LogP contribution is -2.14. The van der Waals surface area contributed by atoms with Crippen LogP contribution in [0.25, 0.3) is 10.9 Å². The van der Waals surface area contributed by atoms with E-state index < -0.39 is 5.92 Å². The monoisotopic (exact) mass is 371 g/mol. The maximum Gasteiger partial charge on any atom is 0.174 e. The SMILES string of the molecule is COc1ccc(C(=O)C(c2ccc(OC)cc2)c2c[nH]c3ccccc23)cc1. The lowest BCUT2D eigenvalue weighted by molar-refractivity contribution is 0.0974. The molecule has 0 amide bonds. The molecular weight excluding hydrogens is 350 g/mol. The van der Waals surface area contributed by atoms with Gasteiger partial charge in [0.05, 0.1) is 20.1 Å². The third kappa shape index (κ3) is 3.25. The van der Waals surface area contributed by atoms with Crippen molar-refractivity contribution in [2.45, 2.75) is 5.92 Å². The van der Waals surface area contributed by atoms with Crippen molar-refractivity contribution < 1.29 is 14.3 Å². The third-order valence-corrected chi connectivity index (χ3v) is 5.02. The van der Waals surface area contributed by atoms with Gasteiger partial charge in [-0.1, -0.05) is 30.3 Å². The van der Waals surface area contributed by atoms with Gasteiger partial charge >= 0.3 is 0 Å². The first-order valence-corrected chi connectivity index (χ1v) is 9.09. The van der Waals surface area contributed by atoms with Gasteiger partial charge in [-0.2, -0.15) is 0 Å². The first-order chi connectivity index (χ1) is 13.7. The second-order valence-corrected chi connectivity index (χ2v) is 6.59. The number of hydrogen-bond acceptors (Lipinski definition) is 3. The number of H-pyrrole nitrogens is 1. The van der Waals surface area contributed by atoms with Gasteiger partial charge in [-0.3, -0.25) is 4.79 Å². The Labute approximate surface area is 163 Å². The van der Waals surface area contributed by atoms with Crippen molar-refractivity contribution in [2.75, 3.05) is 14.2 Å². The summed E-state index contributed by atoms with van der Waals surface area (Å²) in [5.74, 6) is 1.11. The smallest absolute Gasteiger partial charge is 0.174 e. The zero-order chi connectivity index (χ0) is 19.5. The summed E-state index contributed by atoms with van der Waals surface area (Å²) in [4.78, 5) is 16.8. The van der Waals surface area contributed by atoms with Crippen LogP contribution < -0.4 is 9.47 Å². The first kappa shape index (κ1) is 17.9. The minimum Gasteiger partial charge on any atom is -0.497 e. The molecule has 4 rings (SSSR count). The number of aromatic amines is 1. The van der Waals surface area contributed by atoms with Crippen LogP contribution in [0.1, 0.15) is 27.4 Å². The molecule has 0 saturated heterocycles. The molecule has 140 valence electrons. The summed E-state index contributed by atoms with van der Waals surface area (Å²) in [6, 6.07) is 23.0. The highest BCUT2D eigenvalue weighted by Gasteiger charge is 2.26. The number of carbonyl (C=O) groups excluding carboxylic acids is 1. The molecule has 3 aromatic carbocycles. The fourth-order valence-corrected chi connectivity index (χ4v) is 3.52. The maximum atomic E-state index is 13.6. The summed E-state index contributed by atoms with van der Waals surface area (Å²) < 4.78 is 10.5. The molecule has 1 atom stereocenters. The average molecular weight is 371 g/mol. The fourth-order valence-electron chi connectivity index (χ4n) is 3.52. The summed E-state index contributed by atoms with van der Waals surface area (Å²) >= 11 is 0. The van der Waals surface area contributed by atoms with E-state index in [0.717, 1.165) is 33.5 Å². The molecule has 0 aliphatic rings. The summed E-state index contributed by atoms with van der Waals surface area (Å²) in [5, 5.41) is 1.05. The number of fused-ring (bicyclic) bond motifs is 1. The Balaban J connectivity index is 1.83. The number of ether oxygens (including phenoxy) is 2. The van der Waals surface area contributed by atoms with Gasteiger partial charge in [0.2, 0.25) is 0 Å². The van der Waals surface area contributed by atoms with Gasteiger partial charge in [0.15, 0.2) is 5.78 Å². The lowest BCUT2D eigenvalue weighted by Gasteiger charge is -2.17. The van der Waals surface area contributed by atoms with Gasteiger partial charge in [-0.05, 0) is 53.6 Å². The van der Waals surface area contributed by atoms with Gasteiger partial charge in [-0.25, -0.2) is 0 Å². The molecule has 4 nitrogen and oxygen atoms in total. The van der Waals surface area contributed by atoms with E-state index in [-0.39, 0.29) is 5.78 Å². The van der Waals surface area contributed by atoms with E-state index in [2.05, 4.69) is 4.98 Å². The molecule has 1 unspecified atom stereocenters. The minimum absolute atomic E-state index is 0.0394. The molecule has 4 heteroatoms. The molecule has 0 spiro atoms. The van der Waals surface area contributed by atoms with Crippen molar-refractivity contribution in [2.24, 2.45) is 0 Å². The van der Waals surface area contributed by atoms with Crippen molar-refractivity contribution in [1.82, 2.24) is 4.98 Å². The van der Waals surface area contributed by atoms with Crippen molar-refractivity contribution >= 4 is 16.7 Å². The number of nitrogens with one attached hydrogen (secondary N) is 1. The summed E-state index contributed by atoms with van der Waals surface area (Å²) in [7, 11) is 3.25. The van der Waals surface area contributed by atoms with Crippen molar-refractivity contribution in [3.63, 3.8) is 0 Å². The Hall–Kier alpha value is -3.53. The number of aromatic nitrogens is 1. The normalized spacial score (nSPS) is 11.9. The number of benzene rings is 3. The number of para-hydroxylation sites is 1. The van der Waals surface area contributed by atoms with Gasteiger partial charge < -0.3 is 14.5 Å². The molecule has 0 aliphatic carbocycles. The van der Waals surface area contributed by atoms with E-state index in [1.807, 2.05) is 79.0 Å². The van der Waals surface area contributed by atoms with Gasteiger partial charge in [-0.15, -0.1) is 0 Å². The van der Waals surface area contributed by atoms with Crippen LogP contribution in [0.4, 0.5) is 0 Å². The third-order valence-electron chi connectivity index (χ3n) is 5.02. The van der Waals surface area contributed by atoms with E-state index in [4.69, 9.17) is 9.47 Å². The average Bonchev–Trinajstić information content (AvgIpc) is 3.18. The van der Waals surface area contributed by atoms with E-state index in [9.17, 15) is 4.79 Å². The van der Waals surface area contributed by atoms with Crippen LogP contribution in [0.15, 0.2) is 79.0 Å². The summed E-state index contributed by atoms with van der Waals surface area (Å²) in [6.07, 6.45) is 1.93. The molecule has 0 bridgehead atoms. The number of methoxy groups -OCH3 is 2. The van der Waals surface area contributed by atoms with Crippen LogP contribution >= 0.6 is 0 Å². The fraction of sp³-hybridized carbons (Fsp3) is 0.125. The van der Waals surface area contributed by atoms with Crippen LogP contribution in [0.5, 0.6) is 11.5 Å². The number of Topliss-reactive ketones (excluding diaryl/α,β-unsaturated/α-hetero) is 1. The topological polar surface area (TPSA) is 51.3 Å².